The quantitative estimate of drug-likeness (QED) is 0.504. The zero-order valence-corrected chi connectivity index (χ0v) is 9.73. The Morgan fingerprint density at radius 1 is 1.33 bits per heavy atom. The number of aromatic nitrogens is 3. The van der Waals surface area contributed by atoms with Gasteiger partial charge in [-0.3, -0.25) is 4.84 Å². The Morgan fingerprint density at radius 3 is 2.78 bits per heavy atom. The van der Waals surface area contributed by atoms with Gasteiger partial charge in [0.2, 0.25) is 0 Å². The van der Waals surface area contributed by atoms with Crippen molar-refractivity contribution in [3.05, 3.63) is 24.3 Å². The maximum Gasteiger partial charge on any atom is 0.445 e. The van der Waals surface area contributed by atoms with Crippen LogP contribution < -0.4 is 4.84 Å². The van der Waals surface area contributed by atoms with Crippen molar-refractivity contribution in [1.29, 1.82) is 0 Å². The fourth-order valence-corrected chi connectivity index (χ4v) is 1.26. The minimum atomic E-state index is -0.919. The van der Waals surface area contributed by atoms with Crippen molar-refractivity contribution in [3.63, 3.8) is 0 Å². The third-order valence-corrected chi connectivity index (χ3v) is 2.21. The lowest BCUT2D eigenvalue weighted by Gasteiger charge is -2.12. The third-order valence-electron chi connectivity index (χ3n) is 2.21. The molecule has 0 spiro atoms. The highest BCUT2D eigenvalue weighted by molar-refractivity contribution is 6.06. The molecule has 8 nitrogen and oxygen atoms in total. The molecule has 0 fully saturated rings. The fourth-order valence-electron chi connectivity index (χ4n) is 1.26. The van der Waals surface area contributed by atoms with E-state index in [0.717, 1.165) is 12.9 Å². The minimum Gasteiger partial charge on any atom is -0.527 e. The topological polar surface area (TPSA) is 86.5 Å². The Labute approximate surface area is 102 Å². The summed E-state index contributed by atoms with van der Waals surface area (Å²) < 4.78 is 4.38. The number of hydrogen-bond donors (Lipinski definition) is 0. The lowest BCUT2D eigenvalue weighted by Crippen LogP contribution is -2.38. The summed E-state index contributed by atoms with van der Waals surface area (Å²) in [6.07, 6.45) is -1.75. The van der Waals surface area contributed by atoms with Crippen LogP contribution in [0.1, 0.15) is 0 Å². The number of amides is 2. The first kappa shape index (κ1) is 11.9. The van der Waals surface area contributed by atoms with E-state index < -0.39 is 12.2 Å². The second kappa shape index (κ2) is 4.74. The van der Waals surface area contributed by atoms with Crippen LogP contribution in [0.3, 0.4) is 0 Å². The molecule has 0 unspecified atom stereocenters. The molecule has 1 aromatic carbocycles. The van der Waals surface area contributed by atoms with Crippen molar-refractivity contribution in [2.24, 2.45) is 0 Å². The number of rotatable bonds is 1. The van der Waals surface area contributed by atoms with Gasteiger partial charge in [-0.2, -0.15) is 0 Å². The van der Waals surface area contributed by atoms with E-state index >= 15 is 0 Å². The van der Waals surface area contributed by atoms with E-state index in [4.69, 9.17) is 4.84 Å². The molecule has 0 aliphatic carbocycles. The summed E-state index contributed by atoms with van der Waals surface area (Å²) in [7, 11) is 2.39. The molecule has 1 aromatic heterocycles. The first-order valence-electron chi connectivity index (χ1n) is 4.98. The number of nitrogens with zero attached hydrogens (tertiary/aromatic N) is 4. The van der Waals surface area contributed by atoms with Gasteiger partial charge in [-0.25, -0.2) is 14.5 Å². The van der Waals surface area contributed by atoms with Gasteiger partial charge < -0.3 is 4.65 Å². The van der Waals surface area contributed by atoms with Crippen molar-refractivity contribution in [3.8, 4) is 0 Å². The molecular formula is C9H9BN4O4. The van der Waals surface area contributed by atoms with Crippen molar-refractivity contribution in [2.75, 3.05) is 7.05 Å². The second-order valence-corrected chi connectivity index (χ2v) is 3.34. The van der Waals surface area contributed by atoms with Crippen LogP contribution in [-0.2, 0) is 4.65 Å². The van der Waals surface area contributed by atoms with E-state index in [9.17, 15) is 9.59 Å². The van der Waals surface area contributed by atoms with Crippen LogP contribution in [0.4, 0.5) is 9.59 Å². The number of imide groups is 1. The van der Waals surface area contributed by atoms with Gasteiger partial charge in [-0.05, 0) is 17.3 Å². The smallest absolute Gasteiger partial charge is 0.445 e. The third kappa shape index (κ3) is 2.10. The Bertz CT molecular complexity index is 599. The number of carbonyl (C=O) groups excluding carboxylic acids is 2. The molecule has 0 bridgehead atoms. The molecule has 1 heterocycles. The van der Waals surface area contributed by atoms with Crippen LogP contribution in [0.25, 0.3) is 11.0 Å². The molecule has 2 aromatic rings. The van der Waals surface area contributed by atoms with E-state index in [-0.39, 0.29) is 0 Å². The Morgan fingerprint density at radius 2 is 2.06 bits per heavy atom. The number of para-hydroxylation sites is 1. The van der Waals surface area contributed by atoms with Crippen LogP contribution >= 0.6 is 0 Å². The minimum absolute atomic E-state index is 0.518. The predicted octanol–water partition coefficient (Wildman–Crippen LogP) is -0.404. The van der Waals surface area contributed by atoms with Crippen LogP contribution in [0.2, 0.25) is 0 Å². The summed E-state index contributed by atoms with van der Waals surface area (Å²) >= 11 is 0. The predicted molar refractivity (Wildman–Crippen MR) is 62.3 cm³/mol. The van der Waals surface area contributed by atoms with Gasteiger partial charge in [0.15, 0.2) is 0 Å². The molecule has 0 aliphatic heterocycles. The van der Waals surface area contributed by atoms with Crippen molar-refractivity contribution in [1.82, 2.24) is 20.1 Å². The molecule has 9 heteroatoms. The number of benzene rings is 1. The Balaban J connectivity index is 2.19. The van der Waals surface area contributed by atoms with E-state index in [1.54, 1.807) is 24.3 Å². The molecular weight excluding hydrogens is 239 g/mol. The average molecular weight is 248 g/mol. The van der Waals surface area contributed by atoms with Gasteiger partial charge in [0.1, 0.15) is 11.0 Å². The average Bonchev–Trinajstić information content (AvgIpc) is 2.80. The highest BCUT2D eigenvalue weighted by Gasteiger charge is 2.20. The van der Waals surface area contributed by atoms with Crippen LogP contribution in [0.5, 0.6) is 0 Å². The highest BCUT2D eigenvalue weighted by Crippen LogP contribution is 2.08. The van der Waals surface area contributed by atoms with Crippen molar-refractivity contribution in [2.45, 2.75) is 0 Å². The molecule has 0 saturated carbocycles. The molecule has 0 aliphatic rings. The SMILES string of the molecule is BOC(=O)N(C)C(=O)On1nnc2ccccc21. The summed E-state index contributed by atoms with van der Waals surface area (Å²) in [6.45, 7) is 0. The van der Waals surface area contributed by atoms with Gasteiger partial charge in [0.05, 0.1) is 0 Å². The van der Waals surface area contributed by atoms with E-state index in [0.29, 0.717) is 15.9 Å². The fraction of sp³-hybridized carbons (Fsp3) is 0.111. The molecule has 0 atom stereocenters. The monoisotopic (exact) mass is 248 g/mol. The normalized spacial score (nSPS) is 10.1. The molecule has 92 valence electrons. The van der Waals surface area contributed by atoms with E-state index in [2.05, 4.69) is 15.0 Å². The Hall–Kier alpha value is -2.58. The maximum atomic E-state index is 11.6. The van der Waals surface area contributed by atoms with Gasteiger partial charge in [-0.1, -0.05) is 17.0 Å². The zero-order valence-electron chi connectivity index (χ0n) is 9.73. The maximum absolute atomic E-state index is 11.6. The number of hydrogen-bond acceptors (Lipinski definition) is 6. The van der Waals surface area contributed by atoms with E-state index in [1.807, 2.05) is 0 Å². The molecule has 2 amide bonds. The van der Waals surface area contributed by atoms with Gasteiger partial charge in [0, 0.05) is 7.05 Å². The first-order chi connectivity index (χ1) is 8.63. The van der Waals surface area contributed by atoms with Gasteiger partial charge >= 0.3 is 20.2 Å². The lowest BCUT2D eigenvalue weighted by molar-refractivity contribution is 0.0872. The highest BCUT2D eigenvalue weighted by atomic mass is 16.7. The molecule has 0 saturated heterocycles. The zero-order chi connectivity index (χ0) is 13.1. The molecule has 0 N–H and O–H groups in total. The van der Waals surface area contributed by atoms with Crippen LogP contribution in [0, 0.1) is 0 Å². The largest absolute Gasteiger partial charge is 0.527 e. The summed E-state index contributed by atoms with van der Waals surface area (Å²) in [6, 6.07) is 6.93. The number of carbonyl (C=O) groups is 2. The molecule has 18 heavy (non-hydrogen) atoms. The van der Waals surface area contributed by atoms with Crippen molar-refractivity contribution < 1.29 is 19.1 Å². The summed E-state index contributed by atoms with van der Waals surface area (Å²) in [4.78, 5) is 29.2. The second-order valence-electron chi connectivity index (χ2n) is 3.34. The standard InChI is InChI=1S/C9H9BN4O4/c1-13(8(15)17-10)9(16)18-14-7-5-3-2-4-6(7)11-12-14/h2-5H,10H2,1H3. The van der Waals surface area contributed by atoms with Gasteiger partial charge in [0.25, 0.3) is 0 Å². The van der Waals surface area contributed by atoms with Crippen molar-refractivity contribution >= 4 is 31.3 Å². The van der Waals surface area contributed by atoms with Crippen LogP contribution in [0.15, 0.2) is 24.3 Å². The first-order valence-corrected chi connectivity index (χ1v) is 4.98. The Kier molecular flexibility index (Phi) is 3.13. The molecule has 2 rings (SSSR count). The van der Waals surface area contributed by atoms with Crippen LogP contribution in [-0.4, -0.2) is 47.3 Å². The molecule has 0 radical (unpaired) electrons. The summed E-state index contributed by atoms with van der Waals surface area (Å²) in [5, 5.41) is 7.44. The lowest BCUT2D eigenvalue weighted by atomic mass is 10.3. The summed E-state index contributed by atoms with van der Waals surface area (Å²) in [5.74, 6) is 0. The van der Waals surface area contributed by atoms with E-state index in [1.165, 1.54) is 7.05 Å². The summed E-state index contributed by atoms with van der Waals surface area (Å²) in [5.41, 5.74) is 1.09. The van der Waals surface area contributed by atoms with Gasteiger partial charge in [-0.15, -0.1) is 5.10 Å². The number of fused-ring (bicyclic) bond motifs is 1.